The van der Waals surface area contributed by atoms with Crippen molar-refractivity contribution in [1.82, 2.24) is 15.5 Å². The molecule has 2 amide bonds. The van der Waals surface area contributed by atoms with Gasteiger partial charge in [-0.25, -0.2) is 9.79 Å². The molecule has 1 aliphatic rings. The Hall–Kier alpha value is -3.42. The number of amides is 2. The summed E-state index contributed by atoms with van der Waals surface area (Å²) in [4.78, 5) is 17.7. The average Bonchev–Trinajstić information content (AvgIpc) is 2.79. The van der Waals surface area contributed by atoms with Gasteiger partial charge in [-0.3, -0.25) is 0 Å². The topological polar surface area (TPSA) is 101 Å². The molecule has 166 valence electrons. The van der Waals surface area contributed by atoms with E-state index < -0.39 is 0 Å². The molecule has 1 heterocycles. The summed E-state index contributed by atoms with van der Waals surface area (Å²) in [6, 6.07) is 15.3. The molecular formula is C23H31N5O3. The van der Waals surface area contributed by atoms with Crippen molar-refractivity contribution in [3.63, 3.8) is 0 Å². The summed E-state index contributed by atoms with van der Waals surface area (Å²) in [7, 11) is 1.63. The quantitative estimate of drug-likeness (QED) is 0.467. The van der Waals surface area contributed by atoms with Crippen LogP contribution in [0.15, 0.2) is 53.5 Å². The van der Waals surface area contributed by atoms with Gasteiger partial charge in [0, 0.05) is 25.7 Å². The second kappa shape index (κ2) is 11.1. The van der Waals surface area contributed by atoms with Gasteiger partial charge < -0.3 is 30.7 Å². The molecule has 0 bridgehead atoms. The van der Waals surface area contributed by atoms with Crippen molar-refractivity contribution in [2.24, 2.45) is 10.7 Å². The number of carbonyl (C=O) groups is 1. The Labute approximate surface area is 183 Å². The molecule has 8 heteroatoms. The summed E-state index contributed by atoms with van der Waals surface area (Å²) < 4.78 is 11.2. The van der Waals surface area contributed by atoms with Gasteiger partial charge in [-0.15, -0.1) is 0 Å². The number of para-hydroxylation sites is 2. The van der Waals surface area contributed by atoms with Crippen molar-refractivity contribution < 1.29 is 14.3 Å². The highest BCUT2D eigenvalue weighted by Gasteiger charge is 2.21. The molecule has 8 nitrogen and oxygen atoms in total. The Morgan fingerprint density at radius 3 is 2.42 bits per heavy atom. The Bertz CT molecular complexity index is 877. The SMILES string of the molecule is CCNC(=NCc1ccc(Oc2ccccc2OC)cc1)NC1CCN(C(N)=O)CC1. The second-order valence-corrected chi connectivity index (χ2v) is 7.34. The van der Waals surface area contributed by atoms with E-state index in [4.69, 9.17) is 20.2 Å². The van der Waals surface area contributed by atoms with Gasteiger partial charge in [0.1, 0.15) is 5.75 Å². The summed E-state index contributed by atoms with van der Waals surface area (Å²) >= 11 is 0. The number of guanidine groups is 1. The van der Waals surface area contributed by atoms with Crippen LogP contribution in [0.25, 0.3) is 0 Å². The molecule has 0 unspecified atom stereocenters. The van der Waals surface area contributed by atoms with Crippen LogP contribution in [0.3, 0.4) is 0 Å². The molecule has 0 aliphatic carbocycles. The number of piperidine rings is 1. The molecule has 2 aromatic carbocycles. The maximum atomic E-state index is 11.3. The minimum absolute atomic E-state index is 0.269. The Morgan fingerprint density at radius 1 is 1.13 bits per heavy atom. The van der Waals surface area contributed by atoms with Crippen molar-refractivity contribution in [3.05, 3.63) is 54.1 Å². The molecular weight excluding hydrogens is 394 g/mol. The lowest BCUT2D eigenvalue weighted by Crippen LogP contribution is -2.50. The van der Waals surface area contributed by atoms with E-state index in [1.54, 1.807) is 12.0 Å². The lowest BCUT2D eigenvalue weighted by molar-refractivity contribution is 0.188. The minimum atomic E-state index is -0.350. The third-order valence-electron chi connectivity index (χ3n) is 5.13. The average molecular weight is 426 g/mol. The molecule has 3 rings (SSSR count). The first-order valence-electron chi connectivity index (χ1n) is 10.6. The lowest BCUT2D eigenvalue weighted by Gasteiger charge is -2.32. The number of carbonyl (C=O) groups excluding carboxylic acids is 1. The maximum Gasteiger partial charge on any atom is 0.314 e. The first kappa shape index (κ1) is 22.3. The number of aliphatic imine (C=N–C) groups is 1. The third kappa shape index (κ3) is 6.53. The molecule has 1 fully saturated rings. The van der Waals surface area contributed by atoms with Gasteiger partial charge in [0.2, 0.25) is 0 Å². The number of benzene rings is 2. The molecule has 1 aliphatic heterocycles. The number of primary amides is 1. The highest BCUT2D eigenvalue weighted by molar-refractivity contribution is 5.80. The number of ether oxygens (including phenoxy) is 2. The van der Waals surface area contributed by atoms with E-state index in [-0.39, 0.29) is 12.1 Å². The van der Waals surface area contributed by atoms with Crippen LogP contribution in [0.4, 0.5) is 4.79 Å². The zero-order valence-electron chi connectivity index (χ0n) is 18.1. The molecule has 2 aromatic rings. The highest BCUT2D eigenvalue weighted by Crippen LogP contribution is 2.30. The van der Waals surface area contributed by atoms with Crippen molar-refractivity contribution in [2.45, 2.75) is 32.4 Å². The van der Waals surface area contributed by atoms with E-state index in [1.807, 2.05) is 55.5 Å². The number of hydrogen-bond donors (Lipinski definition) is 3. The fourth-order valence-corrected chi connectivity index (χ4v) is 3.42. The van der Waals surface area contributed by atoms with Gasteiger partial charge in [0.15, 0.2) is 17.5 Å². The van der Waals surface area contributed by atoms with Crippen LogP contribution in [-0.4, -0.2) is 49.7 Å². The summed E-state index contributed by atoms with van der Waals surface area (Å²) in [5, 5.41) is 6.75. The van der Waals surface area contributed by atoms with Gasteiger partial charge >= 0.3 is 6.03 Å². The van der Waals surface area contributed by atoms with Crippen LogP contribution in [0, 0.1) is 0 Å². The minimum Gasteiger partial charge on any atom is -0.493 e. The maximum absolute atomic E-state index is 11.3. The van der Waals surface area contributed by atoms with Crippen molar-refractivity contribution in [3.8, 4) is 17.2 Å². The molecule has 31 heavy (non-hydrogen) atoms. The number of likely N-dealkylation sites (tertiary alicyclic amines) is 1. The van der Waals surface area contributed by atoms with Crippen LogP contribution in [-0.2, 0) is 6.54 Å². The van der Waals surface area contributed by atoms with Gasteiger partial charge in [-0.1, -0.05) is 24.3 Å². The molecule has 0 saturated carbocycles. The molecule has 1 saturated heterocycles. The smallest absolute Gasteiger partial charge is 0.314 e. The zero-order valence-corrected chi connectivity index (χ0v) is 18.1. The molecule has 4 N–H and O–H groups in total. The second-order valence-electron chi connectivity index (χ2n) is 7.34. The number of rotatable bonds is 7. The van der Waals surface area contributed by atoms with E-state index in [2.05, 4.69) is 10.6 Å². The Balaban J connectivity index is 1.56. The van der Waals surface area contributed by atoms with Crippen LogP contribution in [0.1, 0.15) is 25.3 Å². The van der Waals surface area contributed by atoms with Crippen molar-refractivity contribution in [2.75, 3.05) is 26.7 Å². The van der Waals surface area contributed by atoms with Crippen molar-refractivity contribution >= 4 is 12.0 Å². The number of hydrogen-bond acceptors (Lipinski definition) is 4. The van der Waals surface area contributed by atoms with Crippen LogP contribution in [0.2, 0.25) is 0 Å². The Morgan fingerprint density at radius 2 is 1.81 bits per heavy atom. The van der Waals surface area contributed by atoms with E-state index >= 15 is 0 Å². The van der Waals surface area contributed by atoms with E-state index in [1.165, 1.54) is 0 Å². The normalized spacial score (nSPS) is 14.8. The van der Waals surface area contributed by atoms with Crippen LogP contribution in [0.5, 0.6) is 17.2 Å². The third-order valence-corrected chi connectivity index (χ3v) is 5.13. The summed E-state index contributed by atoms with van der Waals surface area (Å²) in [5.41, 5.74) is 6.43. The monoisotopic (exact) mass is 425 g/mol. The van der Waals surface area contributed by atoms with E-state index in [0.717, 1.165) is 36.7 Å². The predicted octanol–water partition coefficient (Wildman–Crippen LogP) is 3.09. The first-order valence-corrected chi connectivity index (χ1v) is 10.6. The fraction of sp³-hybridized carbons (Fsp3) is 0.391. The van der Waals surface area contributed by atoms with E-state index in [0.29, 0.717) is 31.1 Å². The summed E-state index contributed by atoms with van der Waals surface area (Å²) in [5.74, 6) is 2.88. The summed E-state index contributed by atoms with van der Waals surface area (Å²) in [6.07, 6.45) is 1.70. The highest BCUT2D eigenvalue weighted by atomic mass is 16.5. The predicted molar refractivity (Wildman–Crippen MR) is 122 cm³/mol. The standard InChI is InChI=1S/C23H31N5O3/c1-3-25-23(27-18-12-14-28(15-13-18)22(24)29)26-16-17-8-10-19(11-9-17)31-21-7-5-4-6-20(21)30-2/h4-11,18H,3,12-16H2,1-2H3,(H2,24,29)(H2,25,26,27). The zero-order chi connectivity index (χ0) is 22.1. The lowest BCUT2D eigenvalue weighted by atomic mass is 10.1. The Kier molecular flexibility index (Phi) is 7.98. The summed E-state index contributed by atoms with van der Waals surface area (Å²) in [6.45, 7) is 4.69. The van der Waals surface area contributed by atoms with Gasteiger partial charge in [0.25, 0.3) is 0 Å². The molecule has 0 atom stereocenters. The first-order chi connectivity index (χ1) is 15.1. The molecule has 0 spiro atoms. The van der Waals surface area contributed by atoms with E-state index in [9.17, 15) is 4.79 Å². The number of nitrogens with zero attached hydrogens (tertiary/aromatic N) is 2. The molecule has 0 radical (unpaired) electrons. The number of urea groups is 1. The largest absolute Gasteiger partial charge is 0.493 e. The number of nitrogens with two attached hydrogens (primary N) is 1. The molecule has 0 aromatic heterocycles. The number of nitrogens with one attached hydrogen (secondary N) is 2. The fourth-order valence-electron chi connectivity index (χ4n) is 3.42. The van der Waals surface area contributed by atoms with Crippen LogP contribution < -0.4 is 25.8 Å². The number of methoxy groups -OCH3 is 1. The van der Waals surface area contributed by atoms with Crippen LogP contribution >= 0.6 is 0 Å². The van der Waals surface area contributed by atoms with Crippen molar-refractivity contribution in [1.29, 1.82) is 0 Å². The van der Waals surface area contributed by atoms with Gasteiger partial charge in [-0.2, -0.15) is 0 Å². The van der Waals surface area contributed by atoms with Gasteiger partial charge in [-0.05, 0) is 49.6 Å². The van der Waals surface area contributed by atoms with Gasteiger partial charge in [0.05, 0.1) is 13.7 Å².